The van der Waals surface area contributed by atoms with Crippen molar-refractivity contribution < 1.29 is 9.59 Å². The standard InChI is InChI=1S/C12H19N5O2/c1-17(2)12(19)13-7-11(18)15-9-4-3-8-6-14-16-10(8)5-9/h6,9H,3-5,7H2,1-2H3,(H,13,19)(H,14,16)(H,15,18)/t9-/m0/s1. The van der Waals surface area contributed by atoms with Crippen LogP contribution in [-0.4, -0.2) is 53.7 Å². The van der Waals surface area contributed by atoms with E-state index in [1.165, 1.54) is 10.5 Å². The van der Waals surface area contributed by atoms with Crippen LogP contribution in [0.25, 0.3) is 0 Å². The molecular formula is C12H19N5O2. The minimum Gasteiger partial charge on any atom is -0.351 e. The van der Waals surface area contributed by atoms with Gasteiger partial charge in [-0.05, 0) is 18.4 Å². The highest BCUT2D eigenvalue weighted by molar-refractivity contribution is 5.83. The molecule has 0 spiro atoms. The monoisotopic (exact) mass is 265 g/mol. The van der Waals surface area contributed by atoms with Crippen molar-refractivity contribution in [3.05, 3.63) is 17.5 Å². The average molecular weight is 265 g/mol. The van der Waals surface area contributed by atoms with Crippen LogP contribution in [0.2, 0.25) is 0 Å². The molecule has 0 fully saturated rings. The molecule has 1 aliphatic rings. The van der Waals surface area contributed by atoms with Gasteiger partial charge in [0.15, 0.2) is 0 Å². The fraction of sp³-hybridized carbons (Fsp3) is 0.583. The second-order valence-corrected chi connectivity index (χ2v) is 4.93. The minimum atomic E-state index is -0.269. The third kappa shape index (κ3) is 3.46. The highest BCUT2D eigenvalue weighted by Crippen LogP contribution is 2.18. The van der Waals surface area contributed by atoms with E-state index >= 15 is 0 Å². The van der Waals surface area contributed by atoms with Crippen LogP contribution in [0.5, 0.6) is 0 Å². The molecule has 7 nitrogen and oxygen atoms in total. The van der Waals surface area contributed by atoms with Crippen molar-refractivity contribution in [3.63, 3.8) is 0 Å². The number of aromatic amines is 1. The summed E-state index contributed by atoms with van der Waals surface area (Å²) in [6, 6.07) is -0.161. The first kappa shape index (κ1) is 13.4. The number of hydrogen-bond donors (Lipinski definition) is 3. The largest absolute Gasteiger partial charge is 0.351 e. The highest BCUT2D eigenvalue weighted by Gasteiger charge is 2.21. The molecule has 1 aromatic rings. The number of H-pyrrole nitrogens is 1. The first-order chi connectivity index (χ1) is 9.06. The molecule has 19 heavy (non-hydrogen) atoms. The molecule has 0 saturated heterocycles. The lowest BCUT2D eigenvalue weighted by molar-refractivity contribution is -0.120. The lowest BCUT2D eigenvalue weighted by Gasteiger charge is -2.23. The van der Waals surface area contributed by atoms with Crippen molar-refractivity contribution in [2.75, 3.05) is 20.6 Å². The van der Waals surface area contributed by atoms with Crippen LogP contribution in [0.3, 0.4) is 0 Å². The minimum absolute atomic E-state index is 0.00332. The van der Waals surface area contributed by atoms with E-state index in [0.29, 0.717) is 0 Å². The number of fused-ring (bicyclic) bond motifs is 1. The molecule has 1 atom stereocenters. The van der Waals surface area contributed by atoms with Gasteiger partial charge in [-0.3, -0.25) is 9.89 Å². The zero-order chi connectivity index (χ0) is 13.8. The Kier molecular flexibility index (Phi) is 4.03. The van der Waals surface area contributed by atoms with Gasteiger partial charge in [-0.2, -0.15) is 5.10 Å². The Balaban J connectivity index is 1.76. The number of nitrogens with one attached hydrogen (secondary N) is 3. The Morgan fingerprint density at radius 3 is 3.05 bits per heavy atom. The predicted octanol–water partition coefficient (Wildman–Crippen LogP) is -0.346. The second-order valence-electron chi connectivity index (χ2n) is 4.93. The van der Waals surface area contributed by atoms with Gasteiger partial charge in [-0.25, -0.2) is 4.79 Å². The summed E-state index contributed by atoms with van der Waals surface area (Å²) in [7, 11) is 3.27. The summed E-state index contributed by atoms with van der Waals surface area (Å²) in [6.07, 6.45) is 4.42. The highest BCUT2D eigenvalue weighted by atomic mass is 16.2. The number of carbonyl (C=O) groups is 2. The first-order valence-corrected chi connectivity index (χ1v) is 6.32. The average Bonchev–Trinajstić information content (AvgIpc) is 2.83. The molecule has 0 aromatic carbocycles. The van der Waals surface area contributed by atoms with Crippen molar-refractivity contribution in [3.8, 4) is 0 Å². The normalized spacial score (nSPS) is 17.5. The third-order valence-corrected chi connectivity index (χ3v) is 3.19. The molecule has 0 aliphatic heterocycles. The Morgan fingerprint density at radius 1 is 1.53 bits per heavy atom. The van der Waals surface area contributed by atoms with Crippen LogP contribution < -0.4 is 10.6 Å². The molecule has 0 unspecified atom stereocenters. The maximum absolute atomic E-state index is 11.7. The number of aromatic nitrogens is 2. The summed E-state index contributed by atoms with van der Waals surface area (Å²) in [6.45, 7) is 0.00332. The number of carbonyl (C=O) groups excluding carboxylic acids is 2. The Labute approximate surface area is 111 Å². The zero-order valence-corrected chi connectivity index (χ0v) is 11.2. The molecule has 104 valence electrons. The predicted molar refractivity (Wildman–Crippen MR) is 69.6 cm³/mol. The molecule has 0 saturated carbocycles. The summed E-state index contributed by atoms with van der Waals surface area (Å²) in [4.78, 5) is 24.4. The molecule has 2 rings (SSSR count). The van der Waals surface area contributed by atoms with E-state index in [1.807, 2.05) is 6.20 Å². The summed E-state index contributed by atoms with van der Waals surface area (Å²) in [5.74, 6) is -0.164. The van der Waals surface area contributed by atoms with Gasteiger partial charge in [0.2, 0.25) is 5.91 Å². The molecule has 1 heterocycles. The molecule has 3 N–H and O–H groups in total. The summed E-state index contributed by atoms with van der Waals surface area (Å²) in [5, 5.41) is 12.4. The zero-order valence-electron chi connectivity index (χ0n) is 11.2. The van der Waals surface area contributed by atoms with E-state index in [1.54, 1.807) is 14.1 Å². The second kappa shape index (κ2) is 5.73. The molecule has 1 aromatic heterocycles. The third-order valence-electron chi connectivity index (χ3n) is 3.19. The van der Waals surface area contributed by atoms with Crippen molar-refractivity contribution in [2.24, 2.45) is 0 Å². The summed E-state index contributed by atoms with van der Waals surface area (Å²) in [5.41, 5.74) is 2.32. The van der Waals surface area contributed by atoms with Gasteiger partial charge in [-0.15, -0.1) is 0 Å². The van der Waals surface area contributed by atoms with Gasteiger partial charge in [0.25, 0.3) is 0 Å². The lowest BCUT2D eigenvalue weighted by atomic mass is 9.94. The van der Waals surface area contributed by atoms with E-state index in [2.05, 4.69) is 20.8 Å². The number of hydrogen-bond acceptors (Lipinski definition) is 3. The number of nitrogens with zero attached hydrogens (tertiary/aromatic N) is 2. The number of urea groups is 1. The lowest BCUT2D eigenvalue weighted by Crippen LogP contribution is -2.46. The molecule has 3 amide bonds. The number of aryl methyl sites for hydroxylation is 1. The van der Waals surface area contributed by atoms with Crippen LogP contribution in [-0.2, 0) is 17.6 Å². The maximum atomic E-state index is 11.7. The summed E-state index contributed by atoms with van der Waals surface area (Å²) < 4.78 is 0. The van der Waals surface area contributed by atoms with E-state index in [0.717, 1.165) is 25.0 Å². The van der Waals surface area contributed by atoms with Crippen molar-refractivity contribution in [1.29, 1.82) is 0 Å². The molecule has 7 heteroatoms. The Morgan fingerprint density at radius 2 is 2.32 bits per heavy atom. The molecule has 1 aliphatic carbocycles. The summed E-state index contributed by atoms with van der Waals surface area (Å²) >= 11 is 0. The Hall–Kier alpha value is -2.05. The SMILES string of the molecule is CN(C)C(=O)NCC(=O)N[C@H]1CCc2cn[nH]c2C1. The topological polar surface area (TPSA) is 90.1 Å². The fourth-order valence-electron chi connectivity index (χ4n) is 2.12. The first-order valence-electron chi connectivity index (χ1n) is 6.32. The van der Waals surface area contributed by atoms with Gasteiger partial charge < -0.3 is 15.5 Å². The molecule has 0 bridgehead atoms. The number of rotatable bonds is 3. The number of amides is 3. The van der Waals surface area contributed by atoms with Crippen LogP contribution >= 0.6 is 0 Å². The maximum Gasteiger partial charge on any atom is 0.317 e. The molecular weight excluding hydrogens is 246 g/mol. The van der Waals surface area contributed by atoms with Gasteiger partial charge in [-0.1, -0.05) is 0 Å². The van der Waals surface area contributed by atoms with Crippen molar-refractivity contribution in [1.82, 2.24) is 25.7 Å². The fourth-order valence-corrected chi connectivity index (χ4v) is 2.12. The van der Waals surface area contributed by atoms with Crippen LogP contribution in [0.4, 0.5) is 4.79 Å². The van der Waals surface area contributed by atoms with E-state index < -0.39 is 0 Å². The van der Waals surface area contributed by atoms with Gasteiger partial charge in [0.1, 0.15) is 0 Å². The van der Waals surface area contributed by atoms with E-state index in [-0.39, 0.29) is 24.5 Å². The molecule has 0 radical (unpaired) electrons. The smallest absolute Gasteiger partial charge is 0.317 e. The van der Waals surface area contributed by atoms with Crippen LogP contribution in [0, 0.1) is 0 Å². The Bertz CT molecular complexity index is 468. The van der Waals surface area contributed by atoms with Gasteiger partial charge in [0.05, 0.1) is 12.7 Å². The van der Waals surface area contributed by atoms with Crippen LogP contribution in [0.1, 0.15) is 17.7 Å². The van der Waals surface area contributed by atoms with Crippen molar-refractivity contribution >= 4 is 11.9 Å². The quantitative estimate of drug-likeness (QED) is 0.698. The van der Waals surface area contributed by atoms with E-state index in [4.69, 9.17) is 0 Å². The van der Waals surface area contributed by atoms with Crippen molar-refractivity contribution in [2.45, 2.75) is 25.3 Å². The van der Waals surface area contributed by atoms with Gasteiger partial charge >= 0.3 is 6.03 Å². The van der Waals surface area contributed by atoms with Crippen LogP contribution in [0.15, 0.2) is 6.20 Å². The van der Waals surface area contributed by atoms with E-state index in [9.17, 15) is 9.59 Å². The van der Waals surface area contributed by atoms with Gasteiger partial charge in [0, 0.05) is 32.3 Å².